The molecule has 0 saturated heterocycles. The number of rotatable bonds is 10. The van der Waals surface area contributed by atoms with Gasteiger partial charge in [0, 0.05) is 18.5 Å². The molecule has 0 unspecified atom stereocenters. The normalized spacial score (nSPS) is 10.9. The Morgan fingerprint density at radius 3 is 2.33 bits per heavy atom. The summed E-state index contributed by atoms with van der Waals surface area (Å²) in [6, 6.07) is 5.30. The van der Waals surface area contributed by atoms with Crippen molar-refractivity contribution in [1.82, 2.24) is 4.90 Å². The molecule has 21 heavy (non-hydrogen) atoms. The van der Waals surface area contributed by atoms with Gasteiger partial charge in [-0.2, -0.15) is 0 Å². The molecule has 1 rings (SSSR count). The Hall–Kier alpha value is -1.55. The Labute approximate surface area is 128 Å². The quantitative estimate of drug-likeness (QED) is 0.530. The fourth-order valence-electron chi connectivity index (χ4n) is 2.38. The van der Waals surface area contributed by atoms with Crippen LogP contribution in [0.15, 0.2) is 18.2 Å². The Morgan fingerprint density at radius 1 is 1.14 bits per heavy atom. The minimum absolute atomic E-state index is 0.141. The Balaban J connectivity index is 2.60. The fraction of sp³-hybridized carbons (Fsp3) is 0.588. The molecule has 0 fully saturated rings. The molecule has 0 bridgehead atoms. The zero-order chi connectivity index (χ0) is 15.7. The summed E-state index contributed by atoms with van der Waals surface area (Å²) in [5, 5.41) is 0. The lowest BCUT2D eigenvalue weighted by Crippen LogP contribution is -2.28. The van der Waals surface area contributed by atoms with Crippen LogP contribution in [0.5, 0.6) is 5.75 Å². The predicted octanol–water partition coefficient (Wildman–Crippen LogP) is 3.36. The lowest BCUT2D eigenvalue weighted by Gasteiger charge is -2.20. The molecule has 0 amide bonds. The molecule has 0 spiro atoms. The third-order valence-electron chi connectivity index (χ3n) is 3.37. The average molecular weight is 292 g/mol. The average Bonchev–Trinajstić information content (AvgIpc) is 2.47. The van der Waals surface area contributed by atoms with Crippen molar-refractivity contribution in [2.24, 2.45) is 0 Å². The van der Waals surface area contributed by atoms with Crippen molar-refractivity contribution >= 4 is 11.5 Å². The van der Waals surface area contributed by atoms with Crippen LogP contribution < -0.4 is 10.5 Å². The number of hydrogen-bond donors (Lipinski definition) is 1. The van der Waals surface area contributed by atoms with Crippen LogP contribution in [0.3, 0.4) is 0 Å². The molecule has 0 atom stereocenters. The number of nitrogen functional groups attached to an aromatic ring is 1. The topological polar surface area (TPSA) is 55.6 Å². The second-order valence-corrected chi connectivity index (χ2v) is 5.20. The summed E-state index contributed by atoms with van der Waals surface area (Å²) in [4.78, 5) is 14.6. The number of hydrogen-bond acceptors (Lipinski definition) is 4. The van der Waals surface area contributed by atoms with E-state index in [1.807, 2.05) is 6.92 Å². The van der Waals surface area contributed by atoms with Crippen molar-refractivity contribution in [1.29, 1.82) is 0 Å². The third kappa shape index (κ3) is 5.76. The van der Waals surface area contributed by atoms with E-state index in [0.29, 0.717) is 30.0 Å². The lowest BCUT2D eigenvalue weighted by molar-refractivity contribution is 0.0964. The number of carbonyl (C=O) groups excluding carboxylic acids is 1. The molecule has 0 radical (unpaired) electrons. The molecule has 4 nitrogen and oxygen atoms in total. The molecule has 0 aliphatic carbocycles. The van der Waals surface area contributed by atoms with Crippen molar-refractivity contribution in [3.63, 3.8) is 0 Å². The van der Waals surface area contributed by atoms with Crippen molar-refractivity contribution < 1.29 is 9.53 Å². The van der Waals surface area contributed by atoms with Crippen LogP contribution >= 0.6 is 0 Å². The van der Waals surface area contributed by atoms with Crippen LogP contribution in [0.25, 0.3) is 0 Å². The molecule has 0 aromatic heterocycles. The monoisotopic (exact) mass is 292 g/mol. The van der Waals surface area contributed by atoms with Gasteiger partial charge in [0.05, 0.1) is 12.3 Å². The zero-order valence-corrected chi connectivity index (χ0v) is 13.5. The molecule has 2 N–H and O–H groups in total. The summed E-state index contributed by atoms with van der Waals surface area (Å²) >= 11 is 0. The summed E-state index contributed by atoms with van der Waals surface area (Å²) in [6.07, 6.45) is 2.77. The van der Waals surface area contributed by atoms with Gasteiger partial charge in [-0.15, -0.1) is 0 Å². The van der Waals surface area contributed by atoms with Crippen LogP contribution in [0.4, 0.5) is 5.69 Å². The van der Waals surface area contributed by atoms with E-state index in [0.717, 1.165) is 32.5 Å². The van der Waals surface area contributed by atoms with Gasteiger partial charge in [-0.1, -0.05) is 13.8 Å². The molecule has 0 aliphatic rings. The highest BCUT2D eigenvalue weighted by molar-refractivity contribution is 5.97. The van der Waals surface area contributed by atoms with Crippen molar-refractivity contribution in [2.75, 3.05) is 32.0 Å². The van der Waals surface area contributed by atoms with Crippen molar-refractivity contribution in [2.45, 2.75) is 40.0 Å². The SMILES string of the molecule is CCCN(CCC)CCC(=O)c1ccc(OCC)c(N)c1. The first-order valence-electron chi connectivity index (χ1n) is 7.90. The fourth-order valence-corrected chi connectivity index (χ4v) is 2.38. The summed E-state index contributed by atoms with van der Waals surface area (Å²) in [5.74, 6) is 0.787. The van der Waals surface area contributed by atoms with Crippen LogP contribution in [-0.4, -0.2) is 36.9 Å². The predicted molar refractivity (Wildman–Crippen MR) is 88.0 cm³/mol. The molecule has 0 saturated carbocycles. The second kappa shape index (κ2) is 9.40. The van der Waals surface area contributed by atoms with Gasteiger partial charge < -0.3 is 15.4 Å². The van der Waals surface area contributed by atoms with Gasteiger partial charge in [0.2, 0.25) is 0 Å². The highest BCUT2D eigenvalue weighted by Crippen LogP contribution is 2.23. The standard InChI is InChI=1S/C17H28N2O2/c1-4-10-19(11-5-2)12-9-16(20)14-7-8-17(21-6-3)15(18)13-14/h7-8,13H,4-6,9-12,18H2,1-3H3. The van der Waals surface area contributed by atoms with Crippen LogP contribution in [0.2, 0.25) is 0 Å². The Morgan fingerprint density at radius 2 is 1.81 bits per heavy atom. The Kier molecular flexibility index (Phi) is 7.83. The van der Waals surface area contributed by atoms with Gasteiger partial charge in [-0.3, -0.25) is 4.79 Å². The smallest absolute Gasteiger partial charge is 0.164 e. The number of nitrogens with zero attached hydrogens (tertiary/aromatic N) is 1. The van der Waals surface area contributed by atoms with E-state index >= 15 is 0 Å². The number of ketones is 1. The highest BCUT2D eigenvalue weighted by atomic mass is 16.5. The summed E-state index contributed by atoms with van der Waals surface area (Å²) in [7, 11) is 0. The van der Waals surface area contributed by atoms with Crippen LogP contribution in [0, 0.1) is 0 Å². The first-order valence-corrected chi connectivity index (χ1v) is 7.90. The maximum Gasteiger partial charge on any atom is 0.164 e. The molecular weight excluding hydrogens is 264 g/mol. The van der Waals surface area contributed by atoms with E-state index in [2.05, 4.69) is 18.7 Å². The van der Waals surface area contributed by atoms with E-state index < -0.39 is 0 Å². The molecule has 0 heterocycles. The van der Waals surface area contributed by atoms with E-state index in [4.69, 9.17) is 10.5 Å². The van der Waals surface area contributed by atoms with Gasteiger partial charge in [-0.25, -0.2) is 0 Å². The van der Waals surface area contributed by atoms with Gasteiger partial charge in [0.15, 0.2) is 5.78 Å². The molecule has 1 aromatic rings. The van der Waals surface area contributed by atoms with E-state index in [-0.39, 0.29) is 5.78 Å². The number of Topliss-reactive ketones (excluding diaryl/α,β-unsaturated/α-hetero) is 1. The number of anilines is 1. The Bertz CT molecular complexity index is 440. The van der Waals surface area contributed by atoms with E-state index in [9.17, 15) is 4.79 Å². The lowest BCUT2D eigenvalue weighted by atomic mass is 10.1. The van der Waals surface area contributed by atoms with Crippen molar-refractivity contribution in [3.8, 4) is 5.75 Å². The van der Waals surface area contributed by atoms with Gasteiger partial charge in [0.25, 0.3) is 0 Å². The van der Waals surface area contributed by atoms with Crippen LogP contribution in [0.1, 0.15) is 50.4 Å². The second-order valence-electron chi connectivity index (χ2n) is 5.20. The summed E-state index contributed by atoms with van der Waals surface area (Å²) in [5.41, 5.74) is 7.11. The summed E-state index contributed by atoms with van der Waals surface area (Å²) < 4.78 is 5.39. The zero-order valence-electron chi connectivity index (χ0n) is 13.5. The third-order valence-corrected chi connectivity index (χ3v) is 3.37. The minimum Gasteiger partial charge on any atom is -0.492 e. The van der Waals surface area contributed by atoms with Crippen molar-refractivity contribution in [3.05, 3.63) is 23.8 Å². The molecule has 118 valence electrons. The number of ether oxygens (including phenoxy) is 1. The summed E-state index contributed by atoms with van der Waals surface area (Å²) in [6.45, 7) is 9.72. The highest BCUT2D eigenvalue weighted by Gasteiger charge is 2.11. The maximum absolute atomic E-state index is 12.3. The van der Waals surface area contributed by atoms with E-state index in [1.54, 1.807) is 18.2 Å². The number of nitrogens with two attached hydrogens (primary N) is 1. The number of benzene rings is 1. The van der Waals surface area contributed by atoms with Gasteiger partial charge >= 0.3 is 0 Å². The first kappa shape index (κ1) is 17.5. The molecule has 1 aromatic carbocycles. The molecule has 0 aliphatic heterocycles. The number of carbonyl (C=O) groups is 1. The minimum atomic E-state index is 0.141. The maximum atomic E-state index is 12.3. The van der Waals surface area contributed by atoms with Gasteiger partial charge in [-0.05, 0) is 51.1 Å². The first-order chi connectivity index (χ1) is 10.1. The van der Waals surface area contributed by atoms with Gasteiger partial charge in [0.1, 0.15) is 5.75 Å². The van der Waals surface area contributed by atoms with Crippen LogP contribution in [-0.2, 0) is 0 Å². The largest absolute Gasteiger partial charge is 0.492 e. The van der Waals surface area contributed by atoms with E-state index in [1.165, 1.54) is 0 Å². The molecule has 4 heteroatoms. The molecular formula is C17H28N2O2.